The molecule has 2 N–H and O–H groups in total. The molecule has 1 saturated heterocycles. The number of nitrogens with two attached hydrogens (primary N) is 1. The van der Waals surface area contributed by atoms with Gasteiger partial charge in [-0.1, -0.05) is 0 Å². The second-order valence-corrected chi connectivity index (χ2v) is 10.6. The van der Waals surface area contributed by atoms with Crippen molar-refractivity contribution in [1.82, 2.24) is 19.6 Å². The van der Waals surface area contributed by atoms with Gasteiger partial charge in [0.25, 0.3) is 0 Å². The lowest BCUT2D eigenvalue weighted by molar-refractivity contribution is -0.161. The van der Waals surface area contributed by atoms with Crippen LogP contribution < -0.4 is 5.73 Å². The zero-order chi connectivity index (χ0) is 20.4. The van der Waals surface area contributed by atoms with Crippen LogP contribution in [-0.4, -0.2) is 57.6 Å². The summed E-state index contributed by atoms with van der Waals surface area (Å²) in [5.41, 5.74) is 5.45. The van der Waals surface area contributed by atoms with Gasteiger partial charge in [-0.15, -0.1) is 0 Å². The normalized spacial score (nSPS) is 33.9. The van der Waals surface area contributed by atoms with Crippen LogP contribution in [0.4, 0.5) is 5.69 Å². The molecule has 1 aromatic heterocycles. The zero-order valence-electron chi connectivity index (χ0n) is 17.6. The molecular weight excluding hydrogens is 366 g/mol. The first-order valence-corrected chi connectivity index (χ1v) is 11.2. The lowest BCUT2D eigenvalue weighted by Gasteiger charge is -2.57. The summed E-state index contributed by atoms with van der Waals surface area (Å²) in [4.78, 5) is 30.6. The summed E-state index contributed by atoms with van der Waals surface area (Å²) in [5, 5.41) is 4.23. The van der Waals surface area contributed by atoms with Crippen LogP contribution in [0.5, 0.6) is 0 Å². The van der Waals surface area contributed by atoms with Crippen molar-refractivity contribution in [3.05, 3.63) is 12.4 Å². The van der Waals surface area contributed by atoms with Gasteiger partial charge in [0.2, 0.25) is 11.8 Å². The Morgan fingerprint density at radius 3 is 2.00 bits per heavy atom. The molecule has 5 aliphatic rings. The molecule has 6 rings (SSSR count). The number of carbonyl (C=O) groups is 2. The fourth-order valence-corrected chi connectivity index (χ4v) is 6.95. The van der Waals surface area contributed by atoms with Gasteiger partial charge < -0.3 is 15.5 Å². The van der Waals surface area contributed by atoms with Crippen LogP contribution in [0.1, 0.15) is 52.4 Å². The molecule has 0 spiro atoms. The molecule has 158 valence electrons. The zero-order valence-corrected chi connectivity index (χ0v) is 17.6. The highest BCUT2D eigenvalue weighted by molar-refractivity contribution is 5.85. The van der Waals surface area contributed by atoms with E-state index in [4.69, 9.17) is 5.73 Å². The fourth-order valence-electron chi connectivity index (χ4n) is 6.95. The van der Waals surface area contributed by atoms with E-state index >= 15 is 0 Å². The van der Waals surface area contributed by atoms with Crippen LogP contribution in [0.3, 0.4) is 0 Å². The first-order valence-electron chi connectivity index (χ1n) is 11.2. The third-order valence-corrected chi connectivity index (χ3v) is 8.04. The number of nitrogen functional groups attached to an aromatic ring is 1. The number of anilines is 1. The highest BCUT2D eigenvalue weighted by atomic mass is 16.2. The minimum Gasteiger partial charge on any atom is -0.396 e. The minimum absolute atomic E-state index is 0.0301. The lowest BCUT2D eigenvalue weighted by atomic mass is 9.49. The van der Waals surface area contributed by atoms with E-state index in [1.165, 1.54) is 19.3 Å². The molecular formula is C22H33N5O2. The summed E-state index contributed by atoms with van der Waals surface area (Å²) < 4.78 is 1.64. The van der Waals surface area contributed by atoms with Gasteiger partial charge in [-0.25, -0.2) is 0 Å². The molecule has 0 atom stereocenters. The molecule has 7 nitrogen and oxygen atoms in total. The van der Waals surface area contributed by atoms with Crippen LogP contribution in [-0.2, 0) is 15.1 Å². The largest absolute Gasteiger partial charge is 0.396 e. The Kier molecular flexibility index (Phi) is 4.23. The number of rotatable bonds is 3. The maximum atomic E-state index is 13.5. The Balaban J connectivity index is 1.24. The number of amides is 2. The van der Waals surface area contributed by atoms with Crippen molar-refractivity contribution in [1.29, 1.82) is 0 Å². The molecule has 0 unspecified atom stereocenters. The summed E-state index contributed by atoms with van der Waals surface area (Å²) in [6, 6.07) is 0. The van der Waals surface area contributed by atoms with Crippen LogP contribution in [0.15, 0.2) is 12.4 Å². The first-order chi connectivity index (χ1) is 13.8. The van der Waals surface area contributed by atoms with Crippen molar-refractivity contribution in [3.8, 4) is 0 Å². The number of aromatic nitrogens is 2. The summed E-state index contributed by atoms with van der Waals surface area (Å²) in [6.45, 7) is 6.21. The number of hydrogen-bond acceptors (Lipinski definition) is 4. The van der Waals surface area contributed by atoms with E-state index in [1.807, 2.05) is 18.7 Å². The molecule has 0 radical (unpaired) electrons. The summed E-state index contributed by atoms with van der Waals surface area (Å²) in [6.07, 6.45) is 10.6. The van der Waals surface area contributed by atoms with Crippen molar-refractivity contribution in [2.75, 3.05) is 31.9 Å². The van der Waals surface area contributed by atoms with Gasteiger partial charge in [0.05, 0.1) is 17.3 Å². The maximum absolute atomic E-state index is 13.5. The van der Waals surface area contributed by atoms with Gasteiger partial charge in [-0.05, 0) is 70.1 Å². The molecule has 2 amide bonds. The highest BCUT2D eigenvalue weighted by Gasteiger charge is 2.55. The van der Waals surface area contributed by atoms with E-state index in [0.717, 1.165) is 37.0 Å². The fraction of sp³-hybridized carbons (Fsp3) is 0.773. The van der Waals surface area contributed by atoms with E-state index in [9.17, 15) is 9.59 Å². The quantitative estimate of drug-likeness (QED) is 0.843. The van der Waals surface area contributed by atoms with Gasteiger partial charge in [0.15, 0.2) is 0 Å². The second-order valence-electron chi connectivity index (χ2n) is 10.6. The van der Waals surface area contributed by atoms with Gasteiger partial charge in [-0.2, -0.15) is 5.10 Å². The Bertz CT molecular complexity index is 786. The molecule has 1 aliphatic heterocycles. The van der Waals surface area contributed by atoms with Crippen LogP contribution >= 0.6 is 0 Å². The first kappa shape index (κ1) is 18.9. The van der Waals surface area contributed by atoms with E-state index in [-0.39, 0.29) is 11.3 Å². The number of hydrogen-bond donors (Lipinski definition) is 1. The predicted molar refractivity (Wildman–Crippen MR) is 110 cm³/mol. The van der Waals surface area contributed by atoms with Crippen LogP contribution in [0.25, 0.3) is 0 Å². The second kappa shape index (κ2) is 6.47. The van der Waals surface area contributed by atoms with E-state index in [0.29, 0.717) is 37.8 Å². The molecule has 2 heterocycles. The minimum atomic E-state index is -0.788. The van der Waals surface area contributed by atoms with Gasteiger partial charge >= 0.3 is 0 Å². The molecule has 4 bridgehead atoms. The van der Waals surface area contributed by atoms with Crippen LogP contribution in [0.2, 0.25) is 0 Å². The van der Waals surface area contributed by atoms with Crippen LogP contribution in [0, 0.1) is 23.2 Å². The number of nitrogens with zero attached hydrogens (tertiary/aromatic N) is 4. The third-order valence-electron chi connectivity index (χ3n) is 8.04. The molecule has 7 heteroatoms. The highest BCUT2D eigenvalue weighted by Crippen LogP contribution is 2.60. The smallest absolute Gasteiger partial charge is 0.250 e. The lowest BCUT2D eigenvalue weighted by Crippen LogP contribution is -2.60. The van der Waals surface area contributed by atoms with E-state index in [1.54, 1.807) is 17.1 Å². The Morgan fingerprint density at radius 2 is 1.52 bits per heavy atom. The average molecular weight is 400 g/mol. The molecule has 29 heavy (non-hydrogen) atoms. The van der Waals surface area contributed by atoms with Gasteiger partial charge in [-0.3, -0.25) is 14.3 Å². The van der Waals surface area contributed by atoms with Gasteiger partial charge in [0, 0.05) is 32.4 Å². The predicted octanol–water partition coefficient (Wildman–Crippen LogP) is 2.09. The summed E-state index contributed by atoms with van der Waals surface area (Å²) in [7, 11) is 0. The topological polar surface area (TPSA) is 84.5 Å². The van der Waals surface area contributed by atoms with E-state index < -0.39 is 5.54 Å². The summed E-state index contributed by atoms with van der Waals surface area (Å²) >= 11 is 0. The maximum Gasteiger partial charge on any atom is 0.250 e. The van der Waals surface area contributed by atoms with E-state index in [2.05, 4.69) is 10.00 Å². The van der Waals surface area contributed by atoms with Crippen molar-refractivity contribution in [3.63, 3.8) is 0 Å². The summed E-state index contributed by atoms with van der Waals surface area (Å²) in [5.74, 6) is 2.73. The van der Waals surface area contributed by atoms with Crippen molar-refractivity contribution >= 4 is 17.5 Å². The molecule has 4 saturated carbocycles. The Labute approximate surface area is 172 Å². The molecule has 0 aromatic carbocycles. The van der Waals surface area contributed by atoms with Crippen molar-refractivity contribution in [2.45, 2.75) is 57.9 Å². The Morgan fingerprint density at radius 1 is 1.00 bits per heavy atom. The Hall–Kier alpha value is -2.05. The SMILES string of the molecule is CC(C)(C(=O)N1CCN(C(=O)C23CC4CC(CC(C4)C2)C3)CC1)n1cc(N)cn1. The average Bonchev–Trinajstić information content (AvgIpc) is 3.13. The van der Waals surface area contributed by atoms with Crippen molar-refractivity contribution in [2.24, 2.45) is 23.2 Å². The third kappa shape index (κ3) is 3.04. The number of piperazine rings is 1. The monoisotopic (exact) mass is 399 g/mol. The molecule has 1 aromatic rings. The van der Waals surface area contributed by atoms with Crippen molar-refractivity contribution < 1.29 is 9.59 Å². The number of carbonyl (C=O) groups excluding carboxylic acids is 2. The standard InChI is InChI=1S/C22H33N5O2/c1-21(2,27-14-18(23)13-24-27)19(28)25-3-5-26(6-4-25)20(29)22-10-15-7-16(11-22)9-17(8-15)12-22/h13-17H,3-12,23H2,1-2H3. The molecule has 4 aliphatic carbocycles. The van der Waals surface area contributed by atoms with Gasteiger partial charge in [0.1, 0.15) is 5.54 Å². The molecule has 5 fully saturated rings.